The summed E-state index contributed by atoms with van der Waals surface area (Å²) in [6.07, 6.45) is 1.43. The molecule has 1 aliphatic carbocycles. The van der Waals surface area contributed by atoms with Crippen molar-refractivity contribution in [1.29, 1.82) is 0 Å². The molecule has 0 radical (unpaired) electrons. The molecule has 1 aliphatic heterocycles. The summed E-state index contributed by atoms with van der Waals surface area (Å²) in [5.74, 6) is 0.714. The lowest BCUT2D eigenvalue weighted by molar-refractivity contribution is -0.00415. The van der Waals surface area contributed by atoms with Gasteiger partial charge in [0.2, 0.25) is 0 Å². The van der Waals surface area contributed by atoms with E-state index in [0.717, 1.165) is 23.3 Å². The van der Waals surface area contributed by atoms with E-state index < -0.39 is 15.6 Å². The maximum absolute atomic E-state index is 12.9. The summed E-state index contributed by atoms with van der Waals surface area (Å²) in [5, 5.41) is 11.4. The average Bonchev–Trinajstić information content (AvgIpc) is 3.33. The highest BCUT2D eigenvalue weighted by Crippen LogP contribution is 2.51. The molecule has 1 aromatic carbocycles. The van der Waals surface area contributed by atoms with Crippen molar-refractivity contribution in [3.63, 3.8) is 0 Å². The number of fused-ring (bicyclic) bond motifs is 1. The van der Waals surface area contributed by atoms with Gasteiger partial charge in [-0.2, -0.15) is 4.31 Å². The molecular formula is C18H20ClNO4S2. The van der Waals surface area contributed by atoms with Gasteiger partial charge in [-0.3, -0.25) is 0 Å². The van der Waals surface area contributed by atoms with Crippen LogP contribution < -0.4 is 4.74 Å². The van der Waals surface area contributed by atoms with Crippen LogP contribution in [0.4, 0.5) is 0 Å². The highest BCUT2D eigenvalue weighted by Gasteiger charge is 2.54. The fourth-order valence-corrected chi connectivity index (χ4v) is 7.43. The molecule has 2 heterocycles. The Morgan fingerprint density at radius 1 is 1.31 bits per heavy atom. The Morgan fingerprint density at radius 3 is 2.81 bits per heavy atom. The van der Waals surface area contributed by atoms with Crippen LogP contribution in [0.15, 0.2) is 40.6 Å². The van der Waals surface area contributed by atoms with Crippen molar-refractivity contribution in [2.45, 2.75) is 22.7 Å². The lowest BCUT2D eigenvalue weighted by Crippen LogP contribution is -2.36. The van der Waals surface area contributed by atoms with E-state index in [0.29, 0.717) is 29.6 Å². The van der Waals surface area contributed by atoms with E-state index in [2.05, 4.69) is 0 Å². The maximum atomic E-state index is 12.9. The molecule has 1 saturated carbocycles. The summed E-state index contributed by atoms with van der Waals surface area (Å²) in [7, 11) is -1.98. The van der Waals surface area contributed by atoms with Crippen molar-refractivity contribution in [1.82, 2.24) is 4.31 Å². The number of methoxy groups -OCH3 is 1. The summed E-state index contributed by atoms with van der Waals surface area (Å²) in [4.78, 5) is 0. The minimum Gasteiger partial charge on any atom is -0.497 e. The first-order chi connectivity index (χ1) is 12.3. The molecule has 2 aliphatic rings. The van der Waals surface area contributed by atoms with Crippen molar-refractivity contribution >= 4 is 33.0 Å². The molecule has 140 valence electrons. The standard InChI is InChI=1S/C18H20ClNO4S2/c1-24-14-4-2-3-13(9-14)18(21)8-7-12-10-20(11-15(12)18)26(22,23)17-6-5-16(19)25-17/h2-6,9,12,15,21H,7-8,10-11H2,1H3/t12-,15+,18-/m1/s1. The van der Waals surface area contributed by atoms with E-state index in [1.165, 1.54) is 4.31 Å². The largest absolute Gasteiger partial charge is 0.497 e. The number of ether oxygens (including phenoxy) is 1. The molecule has 0 bridgehead atoms. The van der Waals surface area contributed by atoms with Gasteiger partial charge in [0.1, 0.15) is 9.96 Å². The molecule has 1 N–H and O–H groups in total. The smallest absolute Gasteiger partial charge is 0.252 e. The van der Waals surface area contributed by atoms with Crippen molar-refractivity contribution in [3.8, 4) is 5.75 Å². The maximum Gasteiger partial charge on any atom is 0.252 e. The second kappa shape index (κ2) is 6.49. The number of aliphatic hydroxyl groups is 1. The Bertz CT molecular complexity index is 929. The Labute approximate surface area is 162 Å². The minimum absolute atomic E-state index is 0.125. The molecule has 1 aromatic heterocycles. The number of sulfonamides is 1. The minimum atomic E-state index is -3.57. The fraction of sp³-hybridized carbons (Fsp3) is 0.444. The van der Waals surface area contributed by atoms with E-state index in [1.807, 2.05) is 24.3 Å². The molecule has 26 heavy (non-hydrogen) atoms. The zero-order valence-corrected chi connectivity index (χ0v) is 16.6. The molecule has 1 saturated heterocycles. The second-order valence-electron chi connectivity index (χ2n) is 6.94. The van der Waals surface area contributed by atoms with E-state index in [9.17, 15) is 13.5 Å². The van der Waals surface area contributed by atoms with E-state index in [4.69, 9.17) is 16.3 Å². The van der Waals surface area contributed by atoms with Crippen LogP contribution >= 0.6 is 22.9 Å². The fourth-order valence-electron chi connectivity index (χ4n) is 4.27. The number of halogens is 1. The van der Waals surface area contributed by atoms with E-state index in [-0.39, 0.29) is 16.0 Å². The number of nitrogens with zero attached hydrogens (tertiary/aromatic N) is 1. The third kappa shape index (κ3) is 2.86. The Hall–Kier alpha value is -1.12. The van der Waals surface area contributed by atoms with Crippen LogP contribution in [0, 0.1) is 11.8 Å². The van der Waals surface area contributed by atoms with E-state index in [1.54, 1.807) is 19.2 Å². The van der Waals surface area contributed by atoms with Crippen molar-refractivity contribution in [2.24, 2.45) is 11.8 Å². The summed E-state index contributed by atoms with van der Waals surface area (Å²) in [6.45, 7) is 0.755. The zero-order valence-electron chi connectivity index (χ0n) is 14.3. The van der Waals surface area contributed by atoms with Gasteiger partial charge in [-0.1, -0.05) is 23.7 Å². The summed E-state index contributed by atoms with van der Waals surface area (Å²) in [6, 6.07) is 10.6. The first-order valence-corrected chi connectivity index (χ1v) is 11.1. The molecule has 5 nitrogen and oxygen atoms in total. The van der Waals surface area contributed by atoms with Gasteiger partial charge in [-0.15, -0.1) is 11.3 Å². The van der Waals surface area contributed by atoms with Gasteiger partial charge in [0.15, 0.2) is 0 Å². The quantitative estimate of drug-likeness (QED) is 0.834. The topological polar surface area (TPSA) is 66.8 Å². The average molecular weight is 414 g/mol. The highest BCUT2D eigenvalue weighted by molar-refractivity contribution is 7.91. The molecule has 0 spiro atoms. The Morgan fingerprint density at radius 2 is 2.12 bits per heavy atom. The van der Waals surface area contributed by atoms with Gasteiger partial charge in [0.05, 0.1) is 17.0 Å². The first-order valence-electron chi connectivity index (χ1n) is 8.47. The van der Waals surface area contributed by atoms with E-state index >= 15 is 0 Å². The van der Waals surface area contributed by atoms with Crippen LogP contribution in [0.1, 0.15) is 18.4 Å². The monoisotopic (exact) mass is 413 g/mol. The molecule has 2 fully saturated rings. The number of hydrogen-bond donors (Lipinski definition) is 1. The Balaban J connectivity index is 1.62. The molecule has 3 atom stereocenters. The van der Waals surface area contributed by atoms with Crippen molar-refractivity contribution in [2.75, 3.05) is 20.2 Å². The molecular weight excluding hydrogens is 394 g/mol. The van der Waals surface area contributed by atoms with Crippen LogP contribution in [-0.4, -0.2) is 38.0 Å². The second-order valence-corrected chi connectivity index (χ2v) is 10.8. The molecule has 2 aromatic rings. The van der Waals surface area contributed by atoms with Gasteiger partial charge in [-0.25, -0.2) is 8.42 Å². The van der Waals surface area contributed by atoms with Gasteiger partial charge in [0, 0.05) is 19.0 Å². The third-order valence-electron chi connectivity index (χ3n) is 5.63. The lowest BCUT2D eigenvalue weighted by atomic mass is 9.82. The van der Waals surface area contributed by atoms with Crippen LogP contribution in [0.3, 0.4) is 0 Å². The van der Waals surface area contributed by atoms with Crippen LogP contribution in [-0.2, 0) is 15.6 Å². The predicted octanol–water partition coefficient (Wildman–Crippen LogP) is 3.33. The van der Waals surface area contributed by atoms with Crippen LogP contribution in [0.25, 0.3) is 0 Å². The first kappa shape index (κ1) is 18.3. The van der Waals surface area contributed by atoms with Crippen molar-refractivity contribution in [3.05, 3.63) is 46.3 Å². The van der Waals surface area contributed by atoms with Crippen molar-refractivity contribution < 1.29 is 18.3 Å². The van der Waals surface area contributed by atoms with Gasteiger partial charge < -0.3 is 9.84 Å². The Kier molecular flexibility index (Phi) is 4.56. The molecule has 8 heteroatoms. The number of hydrogen-bond acceptors (Lipinski definition) is 5. The van der Waals surface area contributed by atoms with Gasteiger partial charge in [-0.05, 0) is 48.6 Å². The van der Waals surface area contributed by atoms with Gasteiger partial charge >= 0.3 is 0 Å². The summed E-state index contributed by atoms with van der Waals surface area (Å²) < 4.78 is 33.3. The number of benzene rings is 1. The normalized spacial score (nSPS) is 29.0. The SMILES string of the molecule is COc1cccc([C@]2(O)CC[C@@H]3CN(S(=O)(=O)c4ccc(Cl)s4)C[C@@H]32)c1. The molecule has 0 amide bonds. The zero-order chi connectivity index (χ0) is 18.5. The highest BCUT2D eigenvalue weighted by atomic mass is 35.5. The molecule has 0 unspecified atom stereocenters. The van der Waals surface area contributed by atoms with Crippen LogP contribution in [0.2, 0.25) is 4.34 Å². The lowest BCUT2D eigenvalue weighted by Gasteiger charge is -2.31. The van der Waals surface area contributed by atoms with Gasteiger partial charge in [0.25, 0.3) is 10.0 Å². The third-order valence-corrected chi connectivity index (χ3v) is 9.16. The number of thiophene rings is 1. The predicted molar refractivity (Wildman–Crippen MR) is 101 cm³/mol. The number of rotatable bonds is 4. The summed E-state index contributed by atoms with van der Waals surface area (Å²) in [5.41, 5.74) is -0.237. The molecule has 4 rings (SSSR count). The van der Waals surface area contributed by atoms with Crippen LogP contribution in [0.5, 0.6) is 5.75 Å². The summed E-state index contributed by atoms with van der Waals surface area (Å²) >= 11 is 6.97.